The van der Waals surface area contributed by atoms with Gasteiger partial charge < -0.3 is 34.6 Å². The molecule has 61 heavy (non-hydrogen) atoms. The molecule has 0 radical (unpaired) electrons. The molecule has 0 aliphatic carbocycles. The number of carbonyl (C=O) groups excluding carboxylic acids is 4. The number of alkyl halides is 2. The minimum atomic E-state index is -1.21. The van der Waals surface area contributed by atoms with Gasteiger partial charge in [0.1, 0.15) is 24.4 Å². The summed E-state index contributed by atoms with van der Waals surface area (Å²) in [6.45, 7) is 7.18. The second-order valence-corrected chi connectivity index (χ2v) is 17.6. The van der Waals surface area contributed by atoms with Crippen LogP contribution >= 0.6 is 0 Å². The van der Waals surface area contributed by atoms with Crippen molar-refractivity contribution in [2.24, 2.45) is 21.8 Å². The number of alkyl carbamates (subject to hydrolysis) is 2. The Labute approximate surface area is 354 Å². The molecule has 3 fully saturated rings. The number of benzene rings is 2. The van der Waals surface area contributed by atoms with Gasteiger partial charge in [0, 0.05) is 49.5 Å². The SMILES string of the molecule is COC(=O)N[C@H](C(=O)N1C[C@H](F)C[C@H]1C1=NC=C(c2ccc(-c3ccc(C4=CN=C([C@@H]5C[C@@H](F)CN5C(=O)[C@@H](NC(=O)OC)C(C)C)C4)c4c3C3CCC4O3)cc2)C1)C(C)C. The number of rotatable bonds is 11. The average Bonchev–Trinajstić information content (AvgIpc) is 4.12. The van der Waals surface area contributed by atoms with E-state index in [-0.39, 0.29) is 61.8 Å². The van der Waals surface area contributed by atoms with Gasteiger partial charge in [0.05, 0.1) is 51.6 Å². The Kier molecular flexibility index (Phi) is 11.9. The number of ether oxygens (including phenoxy) is 3. The van der Waals surface area contributed by atoms with E-state index >= 15 is 4.39 Å². The smallest absolute Gasteiger partial charge is 0.407 e. The molecule has 6 aliphatic heterocycles. The van der Waals surface area contributed by atoms with E-state index in [9.17, 15) is 23.6 Å². The molecule has 3 saturated heterocycles. The zero-order valence-corrected chi connectivity index (χ0v) is 35.5. The highest BCUT2D eigenvalue weighted by Crippen LogP contribution is 2.56. The predicted octanol–water partition coefficient (Wildman–Crippen LogP) is 7.27. The van der Waals surface area contributed by atoms with Crippen molar-refractivity contribution in [3.05, 3.63) is 71.1 Å². The molecular formula is C46H54F2N6O7. The Hall–Kier alpha value is -5.44. The first kappa shape index (κ1) is 42.3. The first-order valence-electron chi connectivity index (χ1n) is 21.3. The van der Waals surface area contributed by atoms with Crippen LogP contribution in [0.2, 0.25) is 0 Å². The van der Waals surface area contributed by atoms with Crippen LogP contribution in [0.4, 0.5) is 18.4 Å². The number of likely N-dealkylation sites (tertiary alicyclic amines) is 2. The van der Waals surface area contributed by atoms with Crippen LogP contribution in [0.1, 0.15) is 101 Å². The van der Waals surface area contributed by atoms with Crippen LogP contribution in [0.25, 0.3) is 22.3 Å². The number of fused-ring (bicyclic) bond motifs is 5. The summed E-state index contributed by atoms with van der Waals surface area (Å²) in [5.74, 6) is -1.17. The second kappa shape index (κ2) is 17.1. The fourth-order valence-corrected chi connectivity index (χ4v) is 9.88. The summed E-state index contributed by atoms with van der Waals surface area (Å²) in [7, 11) is 2.48. The van der Waals surface area contributed by atoms with E-state index in [2.05, 4.69) is 47.0 Å². The standard InChI is InChI=1S/C46H54F2N6O7/c1-23(2)41(51-45(57)59-5)43(55)53-21-29(47)17-35(53)33-15-27(19-49-33)25-7-9-26(10-8-25)31-11-12-32(40-38-14-13-37(61-38)39(31)40)28-16-34(50-20-28)36-18-30(48)22-54(36)44(56)42(24(3)4)52-46(58)60-6/h7-12,19-20,23-24,29-30,35-38,41-42H,13-18,21-22H2,1-6H3,(H,51,57)(H,52,58)/t29-,30-,35+,36+,37?,38?,41+,42+/m1/s1. The van der Waals surface area contributed by atoms with E-state index in [0.29, 0.717) is 12.8 Å². The van der Waals surface area contributed by atoms with E-state index in [1.54, 1.807) is 6.20 Å². The second-order valence-electron chi connectivity index (χ2n) is 17.6. The summed E-state index contributed by atoms with van der Waals surface area (Å²) in [5.41, 5.74) is 9.90. The maximum absolute atomic E-state index is 15.0. The highest BCUT2D eigenvalue weighted by Gasteiger charge is 2.46. The lowest BCUT2D eigenvalue weighted by Gasteiger charge is -2.30. The summed E-state index contributed by atoms with van der Waals surface area (Å²) < 4.78 is 45.9. The normalized spacial score (nSPS) is 26.2. The highest BCUT2D eigenvalue weighted by molar-refractivity contribution is 6.05. The van der Waals surface area contributed by atoms with Gasteiger partial charge in [0.15, 0.2) is 0 Å². The molecule has 6 aliphatic rings. The minimum Gasteiger partial charge on any atom is -0.453 e. The van der Waals surface area contributed by atoms with Crippen molar-refractivity contribution in [2.45, 2.75) is 115 Å². The van der Waals surface area contributed by atoms with Gasteiger partial charge in [-0.3, -0.25) is 19.6 Å². The molecule has 2 aromatic rings. The predicted molar refractivity (Wildman–Crippen MR) is 226 cm³/mol. The molecule has 6 heterocycles. The third kappa shape index (κ3) is 8.08. The van der Waals surface area contributed by atoms with Gasteiger partial charge in [-0.1, -0.05) is 64.1 Å². The van der Waals surface area contributed by atoms with Gasteiger partial charge >= 0.3 is 12.2 Å². The van der Waals surface area contributed by atoms with Crippen LogP contribution in [-0.2, 0) is 23.8 Å². The third-order valence-corrected chi connectivity index (χ3v) is 13.0. The Morgan fingerprint density at radius 1 is 0.672 bits per heavy atom. The lowest BCUT2D eigenvalue weighted by atomic mass is 9.80. The van der Waals surface area contributed by atoms with Gasteiger partial charge in [-0.2, -0.15) is 0 Å². The molecular weight excluding hydrogens is 787 g/mol. The first-order chi connectivity index (χ1) is 29.3. The first-order valence-corrected chi connectivity index (χ1v) is 21.3. The molecule has 15 heteroatoms. The molecule has 13 nitrogen and oxygen atoms in total. The van der Waals surface area contributed by atoms with Crippen LogP contribution in [0.5, 0.6) is 0 Å². The van der Waals surface area contributed by atoms with E-state index < -0.39 is 48.7 Å². The summed E-state index contributed by atoms with van der Waals surface area (Å²) >= 11 is 0. The fourth-order valence-electron chi connectivity index (χ4n) is 9.88. The number of nitrogens with zero attached hydrogens (tertiary/aromatic N) is 4. The molecule has 2 unspecified atom stereocenters. The third-order valence-electron chi connectivity index (χ3n) is 13.0. The maximum Gasteiger partial charge on any atom is 0.407 e. The van der Waals surface area contributed by atoms with Crippen LogP contribution in [-0.4, -0.2) is 109 Å². The van der Waals surface area contributed by atoms with Crippen molar-refractivity contribution in [1.82, 2.24) is 20.4 Å². The Balaban J connectivity index is 0.966. The number of aliphatic imine (C=N–C) groups is 2. The average molecular weight is 841 g/mol. The maximum atomic E-state index is 15.0. The van der Waals surface area contributed by atoms with Crippen LogP contribution in [0, 0.1) is 11.8 Å². The van der Waals surface area contributed by atoms with Crippen molar-refractivity contribution in [2.75, 3.05) is 27.3 Å². The molecule has 4 amide bonds. The Morgan fingerprint density at radius 3 is 1.61 bits per heavy atom. The number of methoxy groups -OCH3 is 2. The van der Waals surface area contributed by atoms with Crippen LogP contribution < -0.4 is 10.6 Å². The van der Waals surface area contributed by atoms with E-state index in [4.69, 9.17) is 24.2 Å². The quantitative estimate of drug-likeness (QED) is 0.242. The zero-order chi connectivity index (χ0) is 43.3. The lowest BCUT2D eigenvalue weighted by molar-refractivity contribution is -0.135. The highest BCUT2D eigenvalue weighted by atomic mass is 19.1. The van der Waals surface area contributed by atoms with Gasteiger partial charge in [-0.15, -0.1) is 0 Å². The molecule has 2 bridgehead atoms. The van der Waals surface area contributed by atoms with Crippen molar-refractivity contribution in [3.63, 3.8) is 0 Å². The van der Waals surface area contributed by atoms with E-state index in [1.807, 2.05) is 33.9 Å². The number of halogens is 2. The fraction of sp³-hybridized carbons (Fsp3) is 0.522. The molecule has 2 aromatic carbocycles. The van der Waals surface area contributed by atoms with Crippen LogP contribution in [0.3, 0.4) is 0 Å². The van der Waals surface area contributed by atoms with Gasteiger partial charge in [0.2, 0.25) is 11.8 Å². The lowest BCUT2D eigenvalue weighted by Crippen LogP contribution is -2.53. The van der Waals surface area contributed by atoms with E-state index in [0.717, 1.165) is 63.2 Å². The largest absolute Gasteiger partial charge is 0.453 e. The van der Waals surface area contributed by atoms with Crippen molar-refractivity contribution >= 4 is 46.6 Å². The number of nitrogens with one attached hydrogen (secondary N) is 2. The zero-order valence-electron chi connectivity index (χ0n) is 35.5. The summed E-state index contributed by atoms with van der Waals surface area (Å²) in [6, 6.07) is 9.82. The minimum absolute atomic E-state index is 0.0365. The molecule has 8 rings (SSSR count). The molecule has 0 spiro atoms. The number of amides is 4. The van der Waals surface area contributed by atoms with Gasteiger partial charge in [0.25, 0.3) is 0 Å². The molecule has 324 valence electrons. The number of carbonyl (C=O) groups is 4. The number of allylic oxidation sites excluding steroid dienone is 2. The molecule has 2 N–H and O–H groups in total. The topological polar surface area (TPSA) is 151 Å². The monoisotopic (exact) mass is 840 g/mol. The molecule has 0 saturated carbocycles. The summed E-state index contributed by atoms with van der Waals surface area (Å²) in [4.78, 5) is 64.0. The van der Waals surface area contributed by atoms with Crippen molar-refractivity contribution < 1.29 is 42.2 Å². The summed E-state index contributed by atoms with van der Waals surface area (Å²) in [6.07, 6.45) is 2.79. The van der Waals surface area contributed by atoms with Gasteiger partial charge in [-0.05, 0) is 69.2 Å². The Morgan fingerprint density at radius 2 is 1.11 bits per heavy atom. The van der Waals surface area contributed by atoms with E-state index in [1.165, 1.54) is 29.6 Å². The Bertz CT molecular complexity index is 2220. The summed E-state index contributed by atoms with van der Waals surface area (Å²) in [5, 5.41) is 5.24. The van der Waals surface area contributed by atoms with Crippen molar-refractivity contribution in [3.8, 4) is 11.1 Å². The van der Waals surface area contributed by atoms with Crippen LogP contribution in [0.15, 0.2) is 58.8 Å². The van der Waals surface area contributed by atoms with Gasteiger partial charge in [-0.25, -0.2) is 18.4 Å². The molecule has 8 atom stereocenters. The van der Waals surface area contributed by atoms with Crippen molar-refractivity contribution in [1.29, 1.82) is 0 Å². The number of hydrogen-bond acceptors (Lipinski definition) is 9. The molecule has 0 aromatic heterocycles. The number of hydrogen-bond donors (Lipinski definition) is 2.